The molecule has 2 fully saturated rings. The number of carbonyl (C=O) groups excluding carboxylic acids is 3. The van der Waals surface area contributed by atoms with Gasteiger partial charge in [0, 0.05) is 12.3 Å². The SMILES string of the molecule is NC(N)=NCCC[C@@H](NC(=O)[C@H](CC1CCCCC1)NC(=O)[C@@H](CC1CCCCC1)NC(=O)[C@@H](N)CS)C(=O)O. The molecule has 228 valence electrons. The Morgan fingerprint density at radius 1 is 0.775 bits per heavy atom. The zero-order valence-electron chi connectivity index (χ0n) is 23.5. The fourth-order valence-electron chi connectivity index (χ4n) is 5.64. The van der Waals surface area contributed by atoms with Crippen molar-refractivity contribution in [1.82, 2.24) is 16.0 Å². The number of rotatable bonds is 16. The second kappa shape index (κ2) is 18.0. The van der Waals surface area contributed by atoms with Crippen LogP contribution in [0.1, 0.15) is 89.9 Å². The zero-order valence-corrected chi connectivity index (χ0v) is 24.4. The third-order valence-electron chi connectivity index (χ3n) is 7.95. The Bertz CT molecular complexity index is 858. The number of thiol groups is 1. The molecular weight excluding hydrogens is 534 g/mol. The van der Waals surface area contributed by atoms with Crippen molar-refractivity contribution >= 4 is 42.3 Å². The smallest absolute Gasteiger partial charge is 0.326 e. The number of carbonyl (C=O) groups is 4. The molecule has 2 aliphatic carbocycles. The minimum absolute atomic E-state index is 0.0867. The fraction of sp³-hybridized carbons (Fsp3) is 0.815. The summed E-state index contributed by atoms with van der Waals surface area (Å²) in [7, 11) is 0. The first-order valence-corrected chi connectivity index (χ1v) is 15.3. The van der Waals surface area contributed by atoms with Crippen molar-refractivity contribution in [2.75, 3.05) is 12.3 Å². The number of nitrogens with two attached hydrogens (primary N) is 3. The molecule has 12 nitrogen and oxygen atoms in total. The Balaban J connectivity index is 2.16. The van der Waals surface area contributed by atoms with Crippen LogP contribution in [0.3, 0.4) is 0 Å². The van der Waals surface area contributed by atoms with Gasteiger partial charge in [0.25, 0.3) is 0 Å². The lowest BCUT2D eigenvalue weighted by Gasteiger charge is -2.31. The van der Waals surface area contributed by atoms with Gasteiger partial charge in [-0.2, -0.15) is 12.6 Å². The lowest BCUT2D eigenvalue weighted by Crippen LogP contribution is -2.58. The molecule has 0 saturated heterocycles. The Kier molecular flexibility index (Phi) is 15.2. The number of aliphatic carboxylic acids is 1. The van der Waals surface area contributed by atoms with Crippen LogP contribution >= 0.6 is 12.6 Å². The van der Waals surface area contributed by atoms with Gasteiger partial charge in [0.05, 0.1) is 6.04 Å². The van der Waals surface area contributed by atoms with E-state index in [-0.39, 0.29) is 36.5 Å². The molecule has 0 heterocycles. The largest absolute Gasteiger partial charge is 0.480 e. The van der Waals surface area contributed by atoms with Gasteiger partial charge in [0.15, 0.2) is 5.96 Å². The summed E-state index contributed by atoms with van der Waals surface area (Å²) in [5, 5.41) is 18.0. The van der Waals surface area contributed by atoms with E-state index in [0.717, 1.165) is 64.2 Å². The molecule has 2 saturated carbocycles. The molecule has 0 aliphatic heterocycles. The fourth-order valence-corrected chi connectivity index (χ4v) is 5.81. The van der Waals surface area contributed by atoms with Crippen molar-refractivity contribution in [2.24, 2.45) is 34.0 Å². The van der Waals surface area contributed by atoms with Gasteiger partial charge in [-0.15, -0.1) is 0 Å². The highest BCUT2D eigenvalue weighted by molar-refractivity contribution is 7.80. The van der Waals surface area contributed by atoms with E-state index in [0.29, 0.717) is 19.3 Å². The second-order valence-corrected chi connectivity index (χ2v) is 11.6. The van der Waals surface area contributed by atoms with Crippen LogP contribution in [0, 0.1) is 11.8 Å². The number of amides is 3. The van der Waals surface area contributed by atoms with E-state index in [1.165, 1.54) is 0 Å². The van der Waals surface area contributed by atoms with Crippen LogP contribution < -0.4 is 33.2 Å². The van der Waals surface area contributed by atoms with Gasteiger partial charge in [-0.25, -0.2) is 4.79 Å². The Hall–Kier alpha value is -2.54. The van der Waals surface area contributed by atoms with E-state index in [1.54, 1.807) is 0 Å². The quantitative estimate of drug-likeness (QED) is 0.0561. The van der Waals surface area contributed by atoms with Crippen LogP contribution in [0.25, 0.3) is 0 Å². The molecule has 2 rings (SSSR count). The third-order valence-corrected chi connectivity index (χ3v) is 8.34. The van der Waals surface area contributed by atoms with Crippen LogP contribution in [0.5, 0.6) is 0 Å². The Morgan fingerprint density at radius 2 is 1.23 bits per heavy atom. The summed E-state index contributed by atoms with van der Waals surface area (Å²) in [6, 6.07) is -3.79. The van der Waals surface area contributed by atoms with E-state index in [9.17, 15) is 24.3 Å². The van der Waals surface area contributed by atoms with Crippen LogP contribution in [-0.4, -0.2) is 71.2 Å². The van der Waals surface area contributed by atoms with Crippen LogP contribution in [0.2, 0.25) is 0 Å². The standard InChI is InChI=1S/C27H49N7O5S/c28-19(16-40)23(35)33-21(14-17-8-3-1-4-9-17)25(37)34-22(15-18-10-5-2-6-11-18)24(36)32-20(26(38)39)12-7-13-31-27(29)30/h17-22,40H,1-16,28H2,(H,32,36)(H,33,35)(H,34,37)(H,38,39)(H4,29,30,31)/t19-,20+,21+,22-/m0/s1. The van der Waals surface area contributed by atoms with E-state index in [4.69, 9.17) is 17.2 Å². The monoisotopic (exact) mass is 583 g/mol. The normalized spacial score (nSPS) is 19.4. The first-order valence-electron chi connectivity index (χ1n) is 14.7. The average molecular weight is 584 g/mol. The third kappa shape index (κ3) is 12.3. The maximum Gasteiger partial charge on any atom is 0.326 e. The predicted octanol–water partition coefficient (Wildman–Crippen LogP) is 0.777. The van der Waals surface area contributed by atoms with E-state index in [2.05, 4.69) is 33.6 Å². The number of carboxylic acids is 1. The maximum absolute atomic E-state index is 13.6. The molecule has 13 heteroatoms. The van der Waals surface area contributed by atoms with Gasteiger partial charge < -0.3 is 38.3 Å². The number of nitrogens with zero attached hydrogens (tertiary/aromatic N) is 1. The predicted molar refractivity (Wildman–Crippen MR) is 158 cm³/mol. The molecule has 0 aromatic carbocycles. The summed E-state index contributed by atoms with van der Waals surface area (Å²) in [5.41, 5.74) is 16.5. The molecule has 0 aromatic heterocycles. The van der Waals surface area contributed by atoms with Gasteiger partial charge >= 0.3 is 5.97 Å². The van der Waals surface area contributed by atoms with Crippen molar-refractivity contribution in [2.45, 2.75) is 114 Å². The average Bonchev–Trinajstić information content (AvgIpc) is 2.94. The molecular formula is C27H49N7O5S. The van der Waals surface area contributed by atoms with Gasteiger partial charge in [0.2, 0.25) is 17.7 Å². The number of nitrogens with one attached hydrogen (secondary N) is 3. The Morgan fingerprint density at radius 3 is 1.65 bits per heavy atom. The molecule has 2 aliphatic rings. The number of hydrogen-bond acceptors (Lipinski definition) is 7. The molecule has 10 N–H and O–H groups in total. The summed E-state index contributed by atoms with van der Waals surface area (Å²) < 4.78 is 0. The molecule has 3 amide bonds. The summed E-state index contributed by atoms with van der Waals surface area (Å²) in [4.78, 5) is 55.4. The zero-order chi connectivity index (χ0) is 29.5. The highest BCUT2D eigenvalue weighted by Gasteiger charge is 2.33. The van der Waals surface area contributed by atoms with Crippen LogP contribution in [0.4, 0.5) is 0 Å². The maximum atomic E-state index is 13.6. The number of guanidine groups is 1. The van der Waals surface area contributed by atoms with Gasteiger partial charge in [-0.3, -0.25) is 19.4 Å². The molecule has 0 radical (unpaired) electrons. The van der Waals surface area contributed by atoms with Gasteiger partial charge in [0.1, 0.15) is 18.1 Å². The highest BCUT2D eigenvalue weighted by atomic mass is 32.1. The molecule has 0 spiro atoms. The minimum atomic E-state index is -1.18. The van der Waals surface area contributed by atoms with Gasteiger partial charge in [-0.1, -0.05) is 64.2 Å². The van der Waals surface area contributed by atoms with Crippen molar-refractivity contribution < 1.29 is 24.3 Å². The summed E-state index contributed by atoms with van der Waals surface area (Å²) in [5.74, 6) is -2.09. The molecule has 4 atom stereocenters. The van der Waals surface area contributed by atoms with Gasteiger partial charge in [-0.05, 0) is 37.5 Å². The number of aliphatic imine (C=N–C) groups is 1. The molecule has 0 bridgehead atoms. The van der Waals surface area contributed by atoms with Crippen LogP contribution in [0.15, 0.2) is 4.99 Å². The Labute approximate surface area is 242 Å². The van der Waals surface area contributed by atoms with Crippen molar-refractivity contribution in [1.29, 1.82) is 0 Å². The van der Waals surface area contributed by atoms with E-state index >= 15 is 0 Å². The summed E-state index contributed by atoms with van der Waals surface area (Å²) in [6.07, 6.45) is 11.7. The second-order valence-electron chi connectivity index (χ2n) is 11.2. The van der Waals surface area contributed by atoms with E-state index in [1.807, 2.05) is 0 Å². The van der Waals surface area contributed by atoms with Crippen LogP contribution in [-0.2, 0) is 19.2 Å². The lowest BCUT2D eigenvalue weighted by molar-refractivity contribution is -0.142. The first-order chi connectivity index (χ1) is 19.1. The van der Waals surface area contributed by atoms with E-state index < -0.39 is 47.9 Å². The van der Waals surface area contributed by atoms with Crippen molar-refractivity contribution in [3.05, 3.63) is 0 Å². The molecule has 0 unspecified atom stereocenters. The summed E-state index contributed by atoms with van der Waals surface area (Å²) in [6.45, 7) is 0.237. The molecule has 0 aromatic rings. The summed E-state index contributed by atoms with van der Waals surface area (Å²) >= 11 is 4.10. The minimum Gasteiger partial charge on any atom is -0.480 e. The first kappa shape index (κ1) is 33.7. The lowest BCUT2D eigenvalue weighted by atomic mass is 9.83. The molecule has 40 heavy (non-hydrogen) atoms. The number of carboxylic acid groups (broad SMARTS) is 1. The topological polar surface area (TPSA) is 215 Å². The van der Waals surface area contributed by atoms with Crippen molar-refractivity contribution in [3.63, 3.8) is 0 Å². The van der Waals surface area contributed by atoms with Crippen molar-refractivity contribution in [3.8, 4) is 0 Å². The highest BCUT2D eigenvalue weighted by Crippen LogP contribution is 2.29. The number of hydrogen-bond donors (Lipinski definition) is 8.